The highest BCUT2D eigenvalue weighted by Gasteiger charge is 2.50. The van der Waals surface area contributed by atoms with Gasteiger partial charge >= 0.3 is 12.2 Å². The smallest absolute Gasteiger partial charge is 0.404 e. The lowest BCUT2D eigenvalue weighted by molar-refractivity contribution is -0.106. The summed E-state index contributed by atoms with van der Waals surface area (Å²) in [7, 11) is -3.30. The number of halogens is 3. The Labute approximate surface area is 203 Å². The highest BCUT2D eigenvalue weighted by molar-refractivity contribution is 7.89. The Kier molecular flexibility index (Phi) is 7.42. The third-order valence-corrected chi connectivity index (χ3v) is 7.25. The molecule has 11 heteroatoms. The van der Waals surface area contributed by atoms with E-state index in [4.69, 9.17) is 4.74 Å². The first-order valence-corrected chi connectivity index (χ1v) is 12.7. The van der Waals surface area contributed by atoms with Crippen LogP contribution in [0.1, 0.15) is 37.5 Å². The summed E-state index contributed by atoms with van der Waals surface area (Å²) in [5.74, 6) is -1.40. The van der Waals surface area contributed by atoms with Gasteiger partial charge in [0.2, 0.25) is 10.0 Å². The van der Waals surface area contributed by atoms with E-state index in [1.54, 1.807) is 48.5 Å². The van der Waals surface area contributed by atoms with Gasteiger partial charge in [-0.25, -0.2) is 13.2 Å². The summed E-state index contributed by atoms with van der Waals surface area (Å²) in [6.07, 6.45) is -4.59. The zero-order valence-corrected chi connectivity index (χ0v) is 20.9. The van der Waals surface area contributed by atoms with Gasteiger partial charge in [-0.1, -0.05) is 57.2 Å². The molecule has 1 unspecified atom stereocenters. The lowest BCUT2D eigenvalue weighted by Gasteiger charge is -2.38. The van der Waals surface area contributed by atoms with E-state index >= 15 is 0 Å². The maximum absolute atomic E-state index is 13.0. The Morgan fingerprint density at radius 3 is 2.17 bits per heavy atom. The minimum Gasteiger partial charge on any atom is -0.497 e. The molecule has 0 saturated carbocycles. The molecule has 0 radical (unpaired) electrons. The fraction of sp³-hybridized carbons (Fsp3) is 0.458. The van der Waals surface area contributed by atoms with Crippen LogP contribution < -0.4 is 14.8 Å². The molecule has 2 aromatic carbocycles. The molecule has 1 saturated heterocycles. The number of nitrogens with one attached hydrogen (secondary N) is 2. The van der Waals surface area contributed by atoms with Gasteiger partial charge in [-0.3, -0.25) is 4.90 Å². The van der Waals surface area contributed by atoms with Gasteiger partial charge in [0.05, 0.1) is 13.7 Å². The number of carbonyl (C=O) groups is 1. The number of carbonyl (C=O) groups excluding carboxylic acids is 1. The number of hydrogen-bond acceptors (Lipinski definition) is 4. The molecule has 35 heavy (non-hydrogen) atoms. The highest BCUT2D eigenvalue weighted by atomic mass is 32.2. The zero-order valence-electron chi connectivity index (χ0n) is 20.1. The van der Waals surface area contributed by atoms with E-state index < -0.39 is 33.6 Å². The van der Waals surface area contributed by atoms with Crippen LogP contribution in [0.4, 0.5) is 18.0 Å². The van der Waals surface area contributed by atoms with Gasteiger partial charge in [0, 0.05) is 6.54 Å². The predicted octanol–water partition coefficient (Wildman–Crippen LogP) is 3.90. The zero-order chi connectivity index (χ0) is 26.1. The van der Waals surface area contributed by atoms with Crippen molar-refractivity contribution in [2.45, 2.75) is 44.4 Å². The molecular formula is C24H30F3N3O4S. The number of urea groups is 1. The second kappa shape index (κ2) is 9.69. The maximum Gasteiger partial charge on any atom is 0.404 e. The lowest BCUT2D eigenvalue weighted by atomic mass is 9.85. The van der Waals surface area contributed by atoms with E-state index in [0.717, 1.165) is 11.1 Å². The molecule has 1 fully saturated rings. The molecule has 1 heterocycles. The molecule has 192 valence electrons. The third kappa shape index (κ3) is 6.46. The van der Waals surface area contributed by atoms with Gasteiger partial charge in [0.25, 0.3) is 0 Å². The average Bonchev–Trinajstić information content (AvgIpc) is 3.05. The second-order valence-electron chi connectivity index (χ2n) is 9.57. The molecule has 0 spiro atoms. The molecular weight excluding hydrogens is 483 g/mol. The Morgan fingerprint density at radius 1 is 1.06 bits per heavy atom. The van der Waals surface area contributed by atoms with Gasteiger partial charge in [-0.05, 0) is 40.7 Å². The number of hydrogen-bond donors (Lipinski definition) is 2. The highest BCUT2D eigenvalue weighted by Crippen LogP contribution is 2.33. The maximum atomic E-state index is 13.0. The van der Waals surface area contributed by atoms with E-state index in [-0.39, 0.29) is 18.5 Å². The summed E-state index contributed by atoms with van der Waals surface area (Å²) < 4.78 is 71.6. The number of benzene rings is 2. The number of methoxy groups -OCH3 is 1. The molecule has 0 bridgehead atoms. The van der Waals surface area contributed by atoms with Crippen molar-refractivity contribution in [3.05, 3.63) is 65.2 Å². The second-order valence-corrected chi connectivity index (χ2v) is 11.3. The van der Waals surface area contributed by atoms with Crippen LogP contribution in [0.3, 0.4) is 0 Å². The summed E-state index contributed by atoms with van der Waals surface area (Å²) in [5.41, 5.74) is 0.255. The molecule has 2 aromatic rings. The van der Waals surface area contributed by atoms with E-state index in [1.807, 2.05) is 20.8 Å². The number of sulfonamides is 1. The van der Waals surface area contributed by atoms with Gasteiger partial charge in [-0.15, -0.1) is 0 Å². The van der Waals surface area contributed by atoms with Crippen LogP contribution in [0.25, 0.3) is 0 Å². The minimum atomic E-state index is -4.94. The molecule has 1 atom stereocenters. The largest absolute Gasteiger partial charge is 0.497 e. The monoisotopic (exact) mass is 513 g/mol. The standard InChI is InChI=1S/C24H30F3N3O4S/c1-22(2,3)18-7-9-19(10-8-18)23(29-35(32,33)16-24(25,26)27)15-28-21(31)30(23)14-13-17-5-11-20(34-4)12-6-17/h5-12,29H,13-16H2,1-4H3,(H,28,31). The van der Waals surface area contributed by atoms with Crippen molar-refractivity contribution in [3.63, 3.8) is 0 Å². The first-order chi connectivity index (χ1) is 16.2. The lowest BCUT2D eigenvalue weighted by Crippen LogP contribution is -2.58. The summed E-state index contributed by atoms with van der Waals surface area (Å²) in [5, 5.41) is 2.60. The third-order valence-electron chi connectivity index (χ3n) is 5.89. The van der Waals surface area contributed by atoms with Crippen molar-refractivity contribution in [3.8, 4) is 5.75 Å². The van der Waals surface area contributed by atoms with E-state index in [2.05, 4.69) is 10.0 Å². The minimum absolute atomic E-state index is 0.0632. The van der Waals surface area contributed by atoms with Crippen LogP contribution in [-0.2, 0) is 27.5 Å². The van der Waals surface area contributed by atoms with Crippen molar-refractivity contribution < 1.29 is 31.1 Å². The van der Waals surface area contributed by atoms with Crippen LogP contribution >= 0.6 is 0 Å². The first-order valence-electron chi connectivity index (χ1n) is 11.0. The number of ether oxygens (including phenoxy) is 1. The number of nitrogens with zero attached hydrogens (tertiary/aromatic N) is 1. The Balaban J connectivity index is 2.00. The summed E-state index contributed by atoms with van der Waals surface area (Å²) in [4.78, 5) is 14.1. The van der Waals surface area contributed by atoms with E-state index in [1.165, 1.54) is 12.0 Å². The van der Waals surface area contributed by atoms with Crippen LogP contribution in [0.5, 0.6) is 5.75 Å². The molecule has 7 nitrogen and oxygen atoms in total. The molecule has 1 aliphatic rings. The van der Waals surface area contributed by atoms with Crippen LogP contribution in [-0.4, -0.2) is 51.5 Å². The van der Waals surface area contributed by atoms with Gasteiger partial charge in [0.15, 0.2) is 11.4 Å². The normalized spacial score (nSPS) is 19.1. The first kappa shape index (κ1) is 26.8. The fourth-order valence-electron chi connectivity index (χ4n) is 4.06. The molecule has 1 aliphatic heterocycles. The summed E-state index contributed by atoms with van der Waals surface area (Å²) >= 11 is 0. The van der Waals surface area contributed by atoms with Crippen LogP contribution in [0, 0.1) is 0 Å². The Morgan fingerprint density at radius 2 is 1.66 bits per heavy atom. The van der Waals surface area contributed by atoms with E-state index in [9.17, 15) is 26.4 Å². The van der Waals surface area contributed by atoms with Gasteiger partial charge in [0.1, 0.15) is 5.75 Å². The SMILES string of the molecule is COc1ccc(CCN2C(=O)NCC2(NS(=O)(=O)CC(F)(F)F)c2ccc(C(C)(C)C)cc2)cc1. The molecule has 0 aliphatic carbocycles. The molecule has 0 aromatic heterocycles. The van der Waals surface area contributed by atoms with Crippen molar-refractivity contribution in [1.29, 1.82) is 0 Å². The molecule has 2 amide bonds. The Hall–Kier alpha value is -2.79. The fourth-order valence-corrected chi connectivity index (χ4v) is 5.37. The summed E-state index contributed by atoms with van der Waals surface area (Å²) in [6.45, 7) is 5.86. The number of rotatable bonds is 8. The average molecular weight is 514 g/mol. The van der Waals surface area contributed by atoms with Gasteiger partial charge in [-0.2, -0.15) is 17.9 Å². The molecule has 3 rings (SSSR count). The number of alkyl halides is 3. The number of amides is 2. The Bertz CT molecular complexity index is 1140. The summed E-state index contributed by atoms with van der Waals surface area (Å²) in [6, 6.07) is 13.4. The van der Waals surface area contributed by atoms with Crippen LogP contribution in [0.15, 0.2) is 48.5 Å². The van der Waals surface area contributed by atoms with Crippen LogP contribution in [0.2, 0.25) is 0 Å². The van der Waals surface area contributed by atoms with Gasteiger partial charge < -0.3 is 10.1 Å². The predicted molar refractivity (Wildman–Crippen MR) is 127 cm³/mol. The van der Waals surface area contributed by atoms with Crippen molar-refractivity contribution in [2.24, 2.45) is 0 Å². The topological polar surface area (TPSA) is 87.7 Å². The molecule has 2 N–H and O–H groups in total. The van der Waals surface area contributed by atoms with E-state index in [0.29, 0.717) is 17.7 Å². The van der Waals surface area contributed by atoms with Crippen molar-refractivity contribution in [2.75, 3.05) is 26.0 Å². The quantitative estimate of drug-likeness (QED) is 0.561. The van der Waals surface area contributed by atoms with Crippen molar-refractivity contribution >= 4 is 16.1 Å². The van der Waals surface area contributed by atoms with Crippen molar-refractivity contribution in [1.82, 2.24) is 14.9 Å².